The summed E-state index contributed by atoms with van der Waals surface area (Å²) >= 11 is 3.12. The molecule has 0 aliphatic heterocycles. The second kappa shape index (κ2) is 2.69. The van der Waals surface area contributed by atoms with Gasteiger partial charge in [0, 0.05) is 0 Å². The predicted octanol–water partition coefficient (Wildman–Crippen LogP) is 1.63. The van der Waals surface area contributed by atoms with Gasteiger partial charge in [-0.2, -0.15) is 0 Å². The number of hydrogen-bond donors (Lipinski definition) is 1. The lowest BCUT2D eigenvalue weighted by Crippen LogP contribution is -2.28. The van der Waals surface area contributed by atoms with Crippen molar-refractivity contribution in [3.63, 3.8) is 0 Å². The molecule has 2 nitrogen and oxygen atoms in total. The van der Waals surface area contributed by atoms with Gasteiger partial charge in [0.05, 0.1) is 0 Å². The number of halogens is 1. The van der Waals surface area contributed by atoms with E-state index in [0.717, 1.165) is 12.8 Å². The highest BCUT2D eigenvalue weighted by Crippen LogP contribution is 2.33. The van der Waals surface area contributed by atoms with E-state index in [9.17, 15) is 4.79 Å². The Morgan fingerprint density at radius 2 is 2.22 bits per heavy atom. The van der Waals surface area contributed by atoms with E-state index in [0.29, 0.717) is 5.92 Å². The van der Waals surface area contributed by atoms with Gasteiger partial charge < -0.3 is 5.11 Å². The molecule has 0 spiro atoms. The van der Waals surface area contributed by atoms with Crippen LogP contribution in [0.3, 0.4) is 0 Å². The van der Waals surface area contributed by atoms with Gasteiger partial charge >= 0.3 is 5.97 Å². The fraction of sp³-hybridized carbons (Fsp3) is 0.833. The second-order valence-electron chi connectivity index (χ2n) is 2.43. The Morgan fingerprint density at radius 1 is 1.67 bits per heavy atom. The lowest BCUT2D eigenvalue weighted by molar-refractivity contribution is -0.137. The molecule has 1 saturated carbocycles. The highest BCUT2D eigenvalue weighted by Gasteiger charge is 2.29. The van der Waals surface area contributed by atoms with Crippen LogP contribution < -0.4 is 0 Å². The van der Waals surface area contributed by atoms with Crippen LogP contribution >= 0.6 is 15.9 Å². The summed E-state index contributed by atoms with van der Waals surface area (Å²) in [7, 11) is 0. The van der Waals surface area contributed by atoms with Gasteiger partial charge in [0.2, 0.25) is 0 Å². The van der Waals surface area contributed by atoms with E-state index in [1.165, 1.54) is 6.42 Å². The molecule has 1 aliphatic rings. The van der Waals surface area contributed by atoms with E-state index >= 15 is 0 Å². The van der Waals surface area contributed by atoms with E-state index in [4.69, 9.17) is 5.11 Å². The average molecular weight is 193 g/mol. The van der Waals surface area contributed by atoms with Gasteiger partial charge in [-0.3, -0.25) is 4.79 Å². The predicted molar refractivity (Wildman–Crippen MR) is 37.7 cm³/mol. The van der Waals surface area contributed by atoms with Crippen molar-refractivity contribution in [1.29, 1.82) is 0 Å². The van der Waals surface area contributed by atoms with Crippen LogP contribution in [0.25, 0.3) is 0 Å². The van der Waals surface area contributed by atoms with Crippen molar-refractivity contribution in [1.82, 2.24) is 0 Å². The van der Waals surface area contributed by atoms with Crippen molar-refractivity contribution in [3.05, 3.63) is 0 Å². The van der Waals surface area contributed by atoms with Crippen LogP contribution in [0.5, 0.6) is 0 Å². The fourth-order valence-corrected chi connectivity index (χ4v) is 1.46. The number of alkyl halides is 1. The second-order valence-corrected chi connectivity index (χ2v) is 3.42. The molecule has 1 rings (SSSR count). The summed E-state index contributed by atoms with van der Waals surface area (Å²) in [6.45, 7) is 0. The third-order valence-corrected chi connectivity index (χ3v) is 2.94. The van der Waals surface area contributed by atoms with E-state index in [1.807, 2.05) is 0 Å². The quantitative estimate of drug-likeness (QED) is 0.676. The summed E-state index contributed by atoms with van der Waals surface area (Å²) in [5, 5.41) is 8.47. The topological polar surface area (TPSA) is 37.3 Å². The number of aliphatic carboxylic acids is 1. The minimum atomic E-state index is -0.722. The lowest BCUT2D eigenvalue weighted by Gasteiger charge is -2.27. The molecule has 0 aromatic heterocycles. The van der Waals surface area contributed by atoms with Crippen molar-refractivity contribution < 1.29 is 9.90 Å². The van der Waals surface area contributed by atoms with Gasteiger partial charge in [-0.15, -0.1) is 0 Å². The van der Waals surface area contributed by atoms with E-state index in [2.05, 4.69) is 15.9 Å². The monoisotopic (exact) mass is 192 g/mol. The van der Waals surface area contributed by atoms with Crippen LogP contribution in [-0.2, 0) is 4.79 Å². The molecule has 1 fully saturated rings. The first-order chi connectivity index (χ1) is 4.22. The first kappa shape index (κ1) is 7.06. The molecule has 0 amide bonds. The maximum atomic E-state index is 10.3. The molecule has 1 unspecified atom stereocenters. The Bertz CT molecular complexity index is 120. The van der Waals surface area contributed by atoms with E-state index in [1.54, 1.807) is 0 Å². The van der Waals surface area contributed by atoms with Gasteiger partial charge in [0.25, 0.3) is 0 Å². The maximum Gasteiger partial charge on any atom is 0.317 e. The largest absolute Gasteiger partial charge is 0.480 e. The van der Waals surface area contributed by atoms with Crippen LogP contribution in [0.15, 0.2) is 0 Å². The zero-order valence-corrected chi connectivity index (χ0v) is 6.60. The van der Waals surface area contributed by atoms with Crippen LogP contribution in [0.1, 0.15) is 19.3 Å². The highest BCUT2D eigenvalue weighted by molar-refractivity contribution is 9.10. The summed E-state index contributed by atoms with van der Waals surface area (Å²) in [5.74, 6) is -0.331. The first-order valence-electron chi connectivity index (χ1n) is 3.08. The Morgan fingerprint density at radius 3 is 2.33 bits per heavy atom. The highest BCUT2D eigenvalue weighted by atomic mass is 79.9. The van der Waals surface area contributed by atoms with Gasteiger partial charge in [0.1, 0.15) is 4.83 Å². The number of carbonyl (C=O) groups is 1. The average Bonchev–Trinajstić information content (AvgIpc) is 1.60. The Kier molecular flexibility index (Phi) is 2.11. The SMILES string of the molecule is O=C(O)C(Br)C1CCC1. The summed E-state index contributed by atoms with van der Waals surface area (Å²) in [5.41, 5.74) is 0. The smallest absolute Gasteiger partial charge is 0.317 e. The summed E-state index contributed by atoms with van der Waals surface area (Å²) < 4.78 is 0. The van der Waals surface area contributed by atoms with Gasteiger partial charge in [0.15, 0.2) is 0 Å². The molecule has 9 heavy (non-hydrogen) atoms. The molecule has 0 saturated heterocycles. The van der Waals surface area contributed by atoms with Crippen molar-refractivity contribution in [2.45, 2.75) is 24.1 Å². The molecule has 52 valence electrons. The third-order valence-electron chi connectivity index (χ3n) is 1.80. The van der Waals surface area contributed by atoms with Gasteiger partial charge in [-0.05, 0) is 18.8 Å². The third kappa shape index (κ3) is 1.45. The maximum absolute atomic E-state index is 10.3. The van der Waals surface area contributed by atoms with Crippen LogP contribution in [0, 0.1) is 5.92 Å². The van der Waals surface area contributed by atoms with Gasteiger partial charge in [-0.25, -0.2) is 0 Å². The summed E-state index contributed by atoms with van der Waals surface area (Å²) in [4.78, 5) is 9.99. The molecule has 0 radical (unpaired) electrons. The Hall–Kier alpha value is -0.0500. The molecule has 1 atom stereocenters. The fourth-order valence-electron chi connectivity index (χ4n) is 0.934. The zero-order valence-electron chi connectivity index (χ0n) is 5.01. The molecular formula is C6H9BrO2. The molecular weight excluding hydrogens is 184 g/mol. The van der Waals surface area contributed by atoms with E-state index < -0.39 is 5.97 Å². The molecule has 0 aromatic carbocycles. The Labute approximate surface area is 62.4 Å². The molecule has 3 heteroatoms. The van der Waals surface area contributed by atoms with Crippen LogP contribution in [0.2, 0.25) is 0 Å². The van der Waals surface area contributed by atoms with Crippen LogP contribution in [-0.4, -0.2) is 15.9 Å². The van der Waals surface area contributed by atoms with Crippen LogP contribution in [0.4, 0.5) is 0 Å². The molecule has 1 aliphatic carbocycles. The summed E-state index contributed by atoms with van der Waals surface area (Å²) in [6.07, 6.45) is 3.34. The molecule has 0 bridgehead atoms. The summed E-state index contributed by atoms with van der Waals surface area (Å²) in [6, 6.07) is 0. The number of hydrogen-bond acceptors (Lipinski definition) is 1. The van der Waals surface area contributed by atoms with E-state index in [-0.39, 0.29) is 4.83 Å². The lowest BCUT2D eigenvalue weighted by atomic mass is 9.83. The van der Waals surface area contributed by atoms with Crippen molar-refractivity contribution >= 4 is 21.9 Å². The number of carboxylic acid groups (broad SMARTS) is 1. The first-order valence-corrected chi connectivity index (χ1v) is 4.00. The van der Waals surface area contributed by atoms with Crippen molar-refractivity contribution in [3.8, 4) is 0 Å². The number of rotatable bonds is 2. The minimum absolute atomic E-state index is 0.300. The zero-order chi connectivity index (χ0) is 6.85. The van der Waals surface area contributed by atoms with Crippen molar-refractivity contribution in [2.75, 3.05) is 0 Å². The standard InChI is InChI=1S/C6H9BrO2/c7-5(6(8)9)4-2-1-3-4/h4-5H,1-3H2,(H,8,9). The van der Waals surface area contributed by atoms with Crippen molar-refractivity contribution in [2.24, 2.45) is 5.92 Å². The number of carboxylic acids is 1. The molecule has 0 heterocycles. The van der Waals surface area contributed by atoms with Gasteiger partial charge in [-0.1, -0.05) is 22.4 Å². The minimum Gasteiger partial charge on any atom is -0.480 e. The molecule has 0 aromatic rings. The molecule has 1 N–H and O–H groups in total. The normalized spacial score (nSPS) is 22.8. The Balaban J connectivity index is 2.32.